The van der Waals surface area contributed by atoms with E-state index in [9.17, 15) is 4.39 Å². The largest absolute Gasteiger partial charge is 0.383 e. The van der Waals surface area contributed by atoms with Gasteiger partial charge in [0, 0.05) is 25.0 Å². The summed E-state index contributed by atoms with van der Waals surface area (Å²) in [6.07, 6.45) is 1.99. The zero-order valence-corrected chi connectivity index (χ0v) is 13.5. The zero-order valence-electron chi connectivity index (χ0n) is 12.0. The topological polar surface area (TPSA) is 12.5 Å². The Hall–Kier alpha value is -0.610. The molecule has 0 N–H and O–H groups in total. The van der Waals surface area contributed by atoms with Gasteiger partial charge in [-0.05, 0) is 24.5 Å². The molecule has 0 spiro atoms. The molecule has 0 aliphatic heterocycles. The molecule has 0 bridgehead atoms. The summed E-state index contributed by atoms with van der Waals surface area (Å²) in [5.41, 5.74) is 1.70. The lowest BCUT2D eigenvalue weighted by Crippen LogP contribution is -2.38. The van der Waals surface area contributed by atoms with Gasteiger partial charge in [-0.3, -0.25) is 0 Å². The number of para-hydroxylation sites is 1. The van der Waals surface area contributed by atoms with Crippen LogP contribution in [-0.2, 0) is 10.1 Å². The molecular formula is C15H23BrFNO. The van der Waals surface area contributed by atoms with E-state index in [1.165, 1.54) is 6.07 Å². The van der Waals surface area contributed by atoms with Crippen molar-refractivity contribution in [2.24, 2.45) is 0 Å². The van der Waals surface area contributed by atoms with E-state index >= 15 is 0 Å². The number of hydrogen-bond donors (Lipinski definition) is 0. The maximum Gasteiger partial charge on any atom is 0.146 e. The van der Waals surface area contributed by atoms with E-state index in [0.717, 1.165) is 18.4 Å². The average Bonchev–Trinajstić information content (AvgIpc) is 2.43. The maximum atomic E-state index is 14.2. The van der Waals surface area contributed by atoms with Gasteiger partial charge in [-0.25, -0.2) is 4.39 Å². The lowest BCUT2D eigenvalue weighted by atomic mass is 10.1. The molecule has 0 amide bonds. The number of halogens is 2. The average molecular weight is 332 g/mol. The van der Waals surface area contributed by atoms with E-state index in [-0.39, 0.29) is 5.82 Å². The van der Waals surface area contributed by atoms with E-state index in [4.69, 9.17) is 4.74 Å². The molecule has 0 heterocycles. The minimum atomic E-state index is -0.153. The molecule has 2 nitrogen and oxygen atoms in total. The lowest BCUT2D eigenvalue weighted by molar-refractivity contribution is 0.202. The second kappa shape index (κ2) is 8.54. The molecule has 0 unspecified atom stereocenters. The van der Waals surface area contributed by atoms with Crippen LogP contribution in [0.3, 0.4) is 0 Å². The van der Waals surface area contributed by atoms with Gasteiger partial charge in [0.05, 0.1) is 12.3 Å². The van der Waals surface area contributed by atoms with Gasteiger partial charge in [-0.2, -0.15) is 0 Å². The Labute approximate surface area is 124 Å². The molecule has 1 aromatic rings. The van der Waals surface area contributed by atoms with Crippen LogP contribution in [0, 0.1) is 5.82 Å². The standard InChI is InChI=1S/C15H23BrFNO/c1-4-13(5-2)18(9-10-19-3)15-12(11-16)7-6-8-14(15)17/h6-8,13H,4-5,9-11H2,1-3H3. The summed E-state index contributed by atoms with van der Waals surface area (Å²) < 4.78 is 19.4. The second-order valence-corrected chi connectivity index (χ2v) is 5.10. The SMILES string of the molecule is CCC(CC)N(CCOC)c1c(F)cccc1CBr. The van der Waals surface area contributed by atoms with Crippen molar-refractivity contribution in [3.05, 3.63) is 29.6 Å². The first kappa shape index (κ1) is 16.4. The molecule has 0 fully saturated rings. The van der Waals surface area contributed by atoms with E-state index in [2.05, 4.69) is 34.7 Å². The number of rotatable bonds is 8. The van der Waals surface area contributed by atoms with Crippen LogP contribution >= 0.6 is 15.9 Å². The van der Waals surface area contributed by atoms with Gasteiger partial charge in [0.15, 0.2) is 0 Å². The highest BCUT2D eigenvalue weighted by Gasteiger charge is 2.21. The molecule has 0 aromatic heterocycles. The molecule has 0 saturated heterocycles. The molecule has 0 atom stereocenters. The van der Waals surface area contributed by atoms with Crippen molar-refractivity contribution in [2.45, 2.75) is 38.1 Å². The highest BCUT2D eigenvalue weighted by atomic mass is 79.9. The Bertz CT molecular complexity index is 382. The van der Waals surface area contributed by atoms with Crippen molar-refractivity contribution in [2.75, 3.05) is 25.2 Å². The molecule has 1 rings (SSSR count). The number of nitrogens with zero attached hydrogens (tertiary/aromatic N) is 1. The van der Waals surface area contributed by atoms with Crippen LogP contribution in [0.1, 0.15) is 32.3 Å². The molecule has 0 aliphatic rings. The van der Waals surface area contributed by atoms with Gasteiger partial charge < -0.3 is 9.64 Å². The predicted molar refractivity (Wildman–Crippen MR) is 82.6 cm³/mol. The van der Waals surface area contributed by atoms with Gasteiger partial charge in [-0.1, -0.05) is 41.9 Å². The molecule has 0 saturated carbocycles. The number of methoxy groups -OCH3 is 1. The number of hydrogen-bond acceptors (Lipinski definition) is 2. The first-order valence-corrected chi connectivity index (χ1v) is 7.90. The van der Waals surface area contributed by atoms with Crippen molar-refractivity contribution in [3.63, 3.8) is 0 Å². The van der Waals surface area contributed by atoms with Gasteiger partial charge in [-0.15, -0.1) is 0 Å². The molecule has 1 aromatic carbocycles. The molecule has 0 aliphatic carbocycles. The van der Waals surface area contributed by atoms with Crippen LogP contribution in [0.15, 0.2) is 18.2 Å². The molecule has 0 radical (unpaired) electrons. The third-order valence-electron chi connectivity index (χ3n) is 3.42. The van der Waals surface area contributed by atoms with Crippen LogP contribution in [0.25, 0.3) is 0 Å². The van der Waals surface area contributed by atoms with Gasteiger partial charge >= 0.3 is 0 Å². The highest BCUT2D eigenvalue weighted by Crippen LogP contribution is 2.29. The minimum absolute atomic E-state index is 0.153. The smallest absolute Gasteiger partial charge is 0.146 e. The Morgan fingerprint density at radius 2 is 2.00 bits per heavy atom. The summed E-state index contributed by atoms with van der Waals surface area (Å²) >= 11 is 3.45. The monoisotopic (exact) mass is 331 g/mol. The quantitative estimate of drug-likeness (QED) is 0.656. The maximum absolute atomic E-state index is 14.2. The van der Waals surface area contributed by atoms with Gasteiger partial charge in [0.25, 0.3) is 0 Å². The van der Waals surface area contributed by atoms with Gasteiger partial charge in [0.2, 0.25) is 0 Å². The van der Waals surface area contributed by atoms with E-state index in [0.29, 0.717) is 30.2 Å². The second-order valence-electron chi connectivity index (χ2n) is 4.54. The van der Waals surface area contributed by atoms with Crippen molar-refractivity contribution in [1.29, 1.82) is 0 Å². The third-order valence-corrected chi connectivity index (χ3v) is 4.03. The van der Waals surface area contributed by atoms with Crippen molar-refractivity contribution < 1.29 is 9.13 Å². The minimum Gasteiger partial charge on any atom is -0.383 e. The van der Waals surface area contributed by atoms with Crippen LogP contribution in [0.2, 0.25) is 0 Å². The third kappa shape index (κ3) is 4.18. The Morgan fingerprint density at radius 1 is 1.32 bits per heavy atom. The number of ether oxygens (including phenoxy) is 1. The molecule has 108 valence electrons. The highest BCUT2D eigenvalue weighted by molar-refractivity contribution is 9.08. The van der Waals surface area contributed by atoms with Crippen LogP contribution in [0.5, 0.6) is 0 Å². The first-order valence-electron chi connectivity index (χ1n) is 6.78. The summed E-state index contributed by atoms with van der Waals surface area (Å²) in [6, 6.07) is 5.60. The summed E-state index contributed by atoms with van der Waals surface area (Å²) in [4.78, 5) is 2.15. The number of alkyl halides is 1. The Morgan fingerprint density at radius 3 is 2.53 bits per heavy atom. The molecule has 19 heavy (non-hydrogen) atoms. The van der Waals surface area contributed by atoms with Crippen molar-refractivity contribution in [3.8, 4) is 0 Å². The summed E-state index contributed by atoms with van der Waals surface area (Å²) in [7, 11) is 1.68. The van der Waals surface area contributed by atoms with Crippen LogP contribution < -0.4 is 4.90 Å². The van der Waals surface area contributed by atoms with Crippen LogP contribution in [-0.4, -0.2) is 26.3 Å². The Kier molecular flexibility index (Phi) is 7.39. The Balaban J connectivity index is 3.15. The number of benzene rings is 1. The van der Waals surface area contributed by atoms with E-state index in [1.807, 2.05) is 6.07 Å². The summed E-state index contributed by atoms with van der Waals surface area (Å²) in [5, 5.41) is 0.656. The summed E-state index contributed by atoms with van der Waals surface area (Å²) in [6.45, 7) is 5.60. The van der Waals surface area contributed by atoms with Gasteiger partial charge in [0.1, 0.15) is 5.82 Å². The fraction of sp³-hybridized carbons (Fsp3) is 0.600. The fourth-order valence-corrected chi connectivity index (χ4v) is 2.84. The first-order chi connectivity index (χ1) is 9.19. The normalized spacial score (nSPS) is 11.1. The van der Waals surface area contributed by atoms with E-state index < -0.39 is 0 Å². The van der Waals surface area contributed by atoms with Crippen molar-refractivity contribution in [1.82, 2.24) is 0 Å². The molecular weight excluding hydrogens is 309 g/mol. The lowest BCUT2D eigenvalue weighted by Gasteiger charge is -2.34. The zero-order chi connectivity index (χ0) is 14.3. The summed E-state index contributed by atoms with van der Waals surface area (Å²) in [5.74, 6) is -0.153. The number of anilines is 1. The fourth-order valence-electron chi connectivity index (χ4n) is 2.39. The van der Waals surface area contributed by atoms with Crippen molar-refractivity contribution >= 4 is 21.6 Å². The van der Waals surface area contributed by atoms with E-state index in [1.54, 1.807) is 13.2 Å². The predicted octanol–water partition coefficient (Wildman–Crippen LogP) is 4.36. The molecule has 4 heteroatoms. The van der Waals surface area contributed by atoms with Crippen LogP contribution in [0.4, 0.5) is 10.1 Å².